The summed E-state index contributed by atoms with van der Waals surface area (Å²) in [6, 6.07) is 1.57. The predicted molar refractivity (Wildman–Crippen MR) is 74.0 cm³/mol. The van der Waals surface area contributed by atoms with Crippen LogP contribution in [0.5, 0.6) is 0 Å². The van der Waals surface area contributed by atoms with E-state index >= 15 is 0 Å². The van der Waals surface area contributed by atoms with Crippen molar-refractivity contribution in [3.05, 3.63) is 39.4 Å². The van der Waals surface area contributed by atoms with Gasteiger partial charge in [0.05, 0.1) is 10.5 Å². The molecule has 2 aromatic rings. The van der Waals surface area contributed by atoms with Gasteiger partial charge in [-0.2, -0.15) is 22.8 Å². The lowest BCUT2D eigenvalue weighted by atomic mass is 10.1. The number of nitro benzene ring substituents is 1. The van der Waals surface area contributed by atoms with E-state index in [0.29, 0.717) is 16.8 Å². The molecule has 122 valence electrons. The van der Waals surface area contributed by atoms with Crippen LogP contribution in [-0.4, -0.2) is 31.9 Å². The molecule has 2 N–H and O–H groups in total. The number of nitrogens with two attached hydrogens (primary N) is 1. The molecule has 0 unspecified atom stereocenters. The first-order valence-electron chi connectivity index (χ1n) is 5.82. The first kappa shape index (κ1) is 16.7. The number of alkyl halides is 3. The number of hydrogen-bond donors (Lipinski definition) is 1. The topological polar surface area (TPSA) is 117 Å². The van der Waals surface area contributed by atoms with Crippen LogP contribution in [0.15, 0.2) is 23.4 Å². The zero-order valence-corrected chi connectivity index (χ0v) is 12.2. The molecule has 0 amide bonds. The Morgan fingerprint density at radius 3 is 2.57 bits per heavy atom. The van der Waals surface area contributed by atoms with Gasteiger partial charge in [0, 0.05) is 6.07 Å². The Bertz CT molecular complexity index is 790. The summed E-state index contributed by atoms with van der Waals surface area (Å²) in [5, 5.41) is 14.9. The van der Waals surface area contributed by atoms with E-state index in [1.165, 1.54) is 0 Å². The summed E-state index contributed by atoms with van der Waals surface area (Å²) in [7, 11) is 0. The van der Waals surface area contributed by atoms with Gasteiger partial charge in [0.2, 0.25) is 11.1 Å². The maximum Gasteiger partial charge on any atom is 0.416 e. The molecule has 1 aromatic heterocycles. The van der Waals surface area contributed by atoms with Gasteiger partial charge in [-0.05, 0) is 18.4 Å². The minimum atomic E-state index is -4.77. The predicted octanol–water partition coefficient (Wildman–Crippen LogP) is 2.20. The fourth-order valence-corrected chi connectivity index (χ4v) is 2.04. The lowest BCUT2D eigenvalue weighted by Crippen LogP contribution is -2.18. The molecule has 1 aromatic carbocycles. The molecule has 0 bridgehead atoms. The van der Waals surface area contributed by atoms with Crippen LogP contribution in [0.3, 0.4) is 0 Å². The van der Waals surface area contributed by atoms with Crippen LogP contribution < -0.4 is 5.73 Å². The van der Waals surface area contributed by atoms with Gasteiger partial charge in [0.25, 0.3) is 11.6 Å². The second-order valence-corrected chi connectivity index (χ2v) is 4.93. The number of hydrogen-bond acceptors (Lipinski definition) is 7. The maximum absolute atomic E-state index is 12.6. The standard InChI is InChI=1S/C11H8F3N5O3S/c1-23-10-16-9(15)18(17-10)8(20)6-3-2-5(11(12,13)14)4-7(6)19(21)22/h2-4H,1H3,(H2,15,16,17). The fraction of sp³-hybridized carbons (Fsp3) is 0.182. The highest BCUT2D eigenvalue weighted by atomic mass is 32.2. The van der Waals surface area contributed by atoms with Crippen molar-refractivity contribution in [1.29, 1.82) is 0 Å². The van der Waals surface area contributed by atoms with Crippen LogP contribution in [0.1, 0.15) is 15.9 Å². The van der Waals surface area contributed by atoms with Gasteiger partial charge in [-0.3, -0.25) is 14.9 Å². The van der Waals surface area contributed by atoms with E-state index in [1.54, 1.807) is 6.26 Å². The molecule has 0 aliphatic carbocycles. The van der Waals surface area contributed by atoms with Gasteiger partial charge >= 0.3 is 6.18 Å². The SMILES string of the molecule is CSc1nc(N)n(C(=O)c2ccc(C(F)(F)F)cc2[N+](=O)[O-])n1. The van der Waals surface area contributed by atoms with Crippen LogP contribution >= 0.6 is 11.8 Å². The average molecular weight is 347 g/mol. The van der Waals surface area contributed by atoms with Gasteiger partial charge in [0.1, 0.15) is 5.56 Å². The van der Waals surface area contributed by atoms with Gasteiger partial charge < -0.3 is 5.73 Å². The summed E-state index contributed by atoms with van der Waals surface area (Å²) in [4.78, 5) is 25.9. The molecule has 0 fully saturated rings. The number of nitro groups is 1. The van der Waals surface area contributed by atoms with Crippen LogP contribution in [-0.2, 0) is 6.18 Å². The van der Waals surface area contributed by atoms with Crippen molar-refractivity contribution < 1.29 is 22.9 Å². The monoisotopic (exact) mass is 347 g/mol. The van der Waals surface area contributed by atoms with E-state index in [2.05, 4.69) is 10.1 Å². The van der Waals surface area contributed by atoms with E-state index in [-0.39, 0.29) is 17.2 Å². The van der Waals surface area contributed by atoms with Crippen molar-refractivity contribution in [2.75, 3.05) is 12.0 Å². The third-order valence-corrected chi connectivity index (χ3v) is 3.28. The van der Waals surface area contributed by atoms with Gasteiger partial charge in [-0.25, -0.2) is 0 Å². The normalized spacial score (nSPS) is 11.5. The van der Waals surface area contributed by atoms with E-state index in [9.17, 15) is 28.1 Å². The van der Waals surface area contributed by atoms with Crippen molar-refractivity contribution in [1.82, 2.24) is 14.8 Å². The molecule has 12 heteroatoms. The Hall–Kier alpha value is -2.63. The highest BCUT2D eigenvalue weighted by Gasteiger charge is 2.34. The molecule has 1 heterocycles. The number of nitrogen functional groups attached to an aromatic ring is 1. The lowest BCUT2D eigenvalue weighted by Gasteiger charge is -2.08. The van der Waals surface area contributed by atoms with Crippen molar-refractivity contribution >= 4 is 29.3 Å². The van der Waals surface area contributed by atoms with Crippen molar-refractivity contribution in [3.8, 4) is 0 Å². The van der Waals surface area contributed by atoms with Gasteiger partial charge in [-0.15, -0.1) is 5.10 Å². The smallest absolute Gasteiger partial charge is 0.368 e. The van der Waals surface area contributed by atoms with E-state index < -0.39 is 33.8 Å². The lowest BCUT2D eigenvalue weighted by molar-refractivity contribution is -0.385. The molecule has 0 spiro atoms. The van der Waals surface area contributed by atoms with Crippen molar-refractivity contribution in [2.45, 2.75) is 11.3 Å². The first-order valence-corrected chi connectivity index (χ1v) is 7.04. The highest BCUT2D eigenvalue weighted by molar-refractivity contribution is 7.98. The van der Waals surface area contributed by atoms with Gasteiger partial charge in [0.15, 0.2) is 0 Å². The largest absolute Gasteiger partial charge is 0.416 e. The summed E-state index contributed by atoms with van der Waals surface area (Å²) in [6.45, 7) is 0. The number of carbonyl (C=O) groups is 1. The first-order chi connectivity index (χ1) is 10.6. The highest BCUT2D eigenvalue weighted by Crippen LogP contribution is 2.33. The molecule has 0 radical (unpaired) electrons. The molecule has 8 nitrogen and oxygen atoms in total. The maximum atomic E-state index is 12.6. The van der Waals surface area contributed by atoms with Crippen molar-refractivity contribution in [2.24, 2.45) is 0 Å². The molecule has 2 rings (SSSR count). The fourth-order valence-electron chi connectivity index (χ4n) is 1.69. The Morgan fingerprint density at radius 2 is 2.09 bits per heavy atom. The number of nitrogens with zero attached hydrogens (tertiary/aromatic N) is 4. The van der Waals surface area contributed by atoms with Crippen LogP contribution in [0.2, 0.25) is 0 Å². The number of benzene rings is 1. The molecule has 23 heavy (non-hydrogen) atoms. The molecule has 0 aliphatic rings. The van der Waals surface area contributed by atoms with Crippen LogP contribution in [0.25, 0.3) is 0 Å². The Balaban J connectivity index is 2.56. The van der Waals surface area contributed by atoms with Crippen molar-refractivity contribution in [3.63, 3.8) is 0 Å². The number of carbonyl (C=O) groups excluding carboxylic acids is 1. The summed E-state index contributed by atoms with van der Waals surface area (Å²) >= 11 is 1.07. The third kappa shape index (κ3) is 3.26. The number of aromatic nitrogens is 3. The minimum Gasteiger partial charge on any atom is -0.368 e. The second-order valence-electron chi connectivity index (χ2n) is 4.16. The Morgan fingerprint density at radius 1 is 1.43 bits per heavy atom. The second kappa shape index (κ2) is 5.87. The van der Waals surface area contributed by atoms with Crippen LogP contribution in [0, 0.1) is 10.1 Å². The molecule has 0 saturated carbocycles. The van der Waals surface area contributed by atoms with E-state index in [4.69, 9.17) is 5.73 Å². The number of anilines is 1. The van der Waals surface area contributed by atoms with E-state index in [1.807, 2.05) is 0 Å². The Labute approximate surface area is 130 Å². The van der Waals surface area contributed by atoms with E-state index in [0.717, 1.165) is 11.8 Å². The van der Waals surface area contributed by atoms with Crippen LogP contribution in [0.4, 0.5) is 24.8 Å². The molecule has 0 saturated heterocycles. The Kier molecular flexibility index (Phi) is 4.27. The number of rotatable bonds is 3. The van der Waals surface area contributed by atoms with Gasteiger partial charge in [-0.1, -0.05) is 11.8 Å². The average Bonchev–Trinajstić information content (AvgIpc) is 2.86. The molecular formula is C11H8F3N5O3S. The summed E-state index contributed by atoms with van der Waals surface area (Å²) in [5.74, 6) is -1.37. The third-order valence-electron chi connectivity index (χ3n) is 2.74. The summed E-state index contributed by atoms with van der Waals surface area (Å²) in [6.07, 6.45) is -3.16. The quantitative estimate of drug-likeness (QED) is 0.514. The molecule has 0 atom stereocenters. The number of halogens is 3. The zero-order chi connectivity index (χ0) is 17.4. The molecular weight excluding hydrogens is 339 g/mol. The number of thioether (sulfide) groups is 1. The molecule has 0 aliphatic heterocycles. The summed E-state index contributed by atoms with van der Waals surface area (Å²) in [5.41, 5.74) is 2.68. The minimum absolute atomic E-state index is 0.144. The summed E-state index contributed by atoms with van der Waals surface area (Å²) < 4.78 is 38.5. The zero-order valence-electron chi connectivity index (χ0n) is 11.4.